The number of primary amides is 1. The number of carboxylic acid groups (broad SMARTS) is 1. The maximum absolute atomic E-state index is 12.1. The molecule has 1 aromatic rings. The second-order valence-electron chi connectivity index (χ2n) is 4.24. The number of carbonyl (C=O) groups is 3. The van der Waals surface area contributed by atoms with Crippen LogP contribution in [-0.2, 0) is 20.8 Å². The fraction of sp³-hybridized carbons (Fsp3) is 0.308. The first-order chi connectivity index (χ1) is 9.83. The molecule has 8 heteroatoms. The largest absolute Gasteiger partial charge is 0.496 e. The highest BCUT2D eigenvalue weighted by atomic mass is 35.5. The third kappa shape index (κ3) is 5.31. The van der Waals surface area contributed by atoms with Gasteiger partial charge in [0.1, 0.15) is 12.3 Å². The summed E-state index contributed by atoms with van der Waals surface area (Å²) in [4.78, 5) is 34.6. The van der Waals surface area contributed by atoms with E-state index in [1.807, 2.05) is 0 Å². The SMILES string of the molecule is COc1ccc(Cl)cc1CC(=O)N(CC(N)=O)CC(=O)O. The van der Waals surface area contributed by atoms with Crippen molar-refractivity contribution in [1.29, 1.82) is 0 Å². The highest BCUT2D eigenvalue weighted by molar-refractivity contribution is 6.30. The molecule has 0 aliphatic rings. The number of nitrogens with zero attached hydrogens (tertiary/aromatic N) is 1. The fourth-order valence-electron chi connectivity index (χ4n) is 1.74. The quantitative estimate of drug-likeness (QED) is 0.751. The van der Waals surface area contributed by atoms with Crippen molar-refractivity contribution in [3.05, 3.63) is 28.8 Å². The monoisotopic (exact) mass is 314 g/mol. The van der Waals surface area contributed by atoms with E-state index < -0.39 is 30.9 Å². The molecule has 0 heterocycles. The van der Waals surface area contributed by atoms with Gasteiger partial charge in [-0.1, -0.05) is 11.6 Å². The number of hydrogen-bond acceptors (Lipinski definition) is 4. The molecule has 1 aromatic carbocycles. The highest BCUT2D eigenvalue weighted by Crippen LogP contribution is 2.23. The summed E-state index contributed by atoms with van der Waals surface area (Å²) in [7, 11) is 1.44. The first-order valence-electron chi connectivity index (χ1n) is 5.93. The summed E-state index contributed by atoms with van der Waals surface area (Å²) < 4.78 is 5.11. The van der Waals surface area contributed by atoms with Crippen molar-refractivity contribution >= 4 is 29.4 Å². The number of benzene rings is 1. The van der Waals surface area contributed by atoms with Gasteiger partial charge >= 0.3 is 5.97 Å². The van der Waals surface area contributed by atoms with Crippen molar-refractivity contribution in [2.45, 2.75) is 6.42 Å². The summed E-state index contributed by atoms with van der Waals surface area (Å²) in [6.45, 7) is -1.07. The fourth-order valence-corrected chi connectivity index (χ4v) is 1.94. The molecule has 0 unspecified atom stereocenters. The van der Waals surface area contributed by atoms with Gasteiger partial charge in [-0.3, -0.25) is 14.4 Å². The van der Waals surface area contributed by atoms with Crippen LogP contribution in [0.15, 0.2) is 18.2 Å². The van der Waals surface area contributed by atoms with Gasteiger partial charge in [-0.05, 0) is 18.2 Å². The molecule has 0 saturated carbocycles. The van der Waals surface area contributed by atoms with Gasteiger partial charge in [0.2, 0.25) is 11.8 Å². The van der Waals surface area contributed by atoms with Gasteiger partial charge in [0.25, 0.3) is 0 Å². The van der Waals surface area contributed by atoms with E-state index in [-0.39, 0.29) is 6.42 Å². The second kappa shape index (κ2) is 7.49. The number of aliphatic carboxylic acids is 1. The van der Waals surface area contributed by atoms with E-state index in [4.69, 9.17) is 27.2 Å². The summed E-state index contributed by atoms with van der Waals surface area (Å²) >= 11 is 5.86. The number of carbonyl (C=O) groups excluding carboxylic acids is 2. The molecule has 21 heavy (non-hydrogen) atoms. The molecule has 0 aliphatic carbocycles. The van der Waals surface area contributed by atoms with Crippen LogP contribution >= 0.6 is 11.6 Å². The molecule has 0 atom stereocenters. The van der Waals surface area contributed by atoms with Crippen molar-refractivity contribution in [3.63, 3.8) is 0 Å². The van der Waals surface area contributed by atoms with E-state index in [1.165, 1.54) is 7.11 Å². The van der Waals surface area contributed by atoms with Crippen molar-refractivity contribution in [2.24, 2.45) is 5.73 Å². The molecule has 3 N–H and O–H groups in total. The molecule has 7 nitrogen and oxygen atoms in total. The molecule has 0 bridgehead atoms. The Morgan fingerprint density at radius 3 is 2.52 bits per heavy atom. The summed E-state index contributed by atoms with van der Waals surface area (Å²) in [5.41, 5.74) is 5.50. The third-order valence-electron chi connectivity index (χ3n) is 2.61. The van der Waals surface area contributed by atoms with Crippen LogP contribution in [0.4, 0.5) is 0 Å². The number of ether oxygens (including phenoxy) is 1. The predicted octanol–water partition coefficient (Wildman–Crippen LogP) is 0.290. The number of carboxylic acids is 1. The average Bonchev–Trinajstić information content (AvgIpc) is 2.37. The molecule has 0 fully saturated rings. The van der Waals surface area contributed by atoms with Crippen LogP contribution in [0, 0.1) is 0 Å². The Morgan fingerprint density at radius 1 is 1.33 bits per heavy atom. The van der Waals surface area contributed by atoms with Gasteiger partial charge in [0, 0.05) is 10.6 Å². The van der Waals surface area contributed by atoms with E-state index in [1.54, 1.807) is 18.2 Å². The Hall–Kier alpha value is -2.28. The van der Waals surface area contributed by atoms with E-state index in [0.29, 0.717) is 16.3 Å². The zero-order valence-corrected chi connectivity index (χ0v) is 12.1. The van der Waals surface area contributed by atoms with Gasteiger partial charge in [-0.25, -0.2) is 0 Å². The zero-order valence-electron chi connectivity index (χ0n) is 11.3. The van der Waals surface area contributed by atoms with Crippen molar-refractivity contribution in [3.8, 4) is 5.75 Å². The summed E-state index contributed by atoms with van der Waals surface area (Å²) in [5, 5.41) is 9.18. The number of nitrogens with two attached hydrogens (primary N) is 1. The van der Waals surface area contributed by atoms with Crippen LogP contribution in [0.5, 0.6) is 5.75 Å². The molecule has 2 amide bonds. The minimum atomic E-state index is -1.23. The van der Waals surface area contributed by atoms with Crippen LogP contribution in [0.2, 0.25) is 5.02 Å². The molecule has 0 aromatic heterocycles. The standard InChI is InChI=1S/C13H15ClN2O5/c1-21-10-3-2-9(14)4-8(10)5-12(18)16(6-11(15)17)7-13(19)20/h2-4H,5-7H2,1H3,(H2,15,17)(H,19,20). The molecule has 0 saturated heterocycles. The molecule has 0 aliphatic heterocycles. The van der Waals surface area contributed by atoms with E-state index in [2.05, 4.69) is 0 Å². The molecular formula is C13H15ClN2O5. The van der Waals surface area contributed by atoms with E-state index >= 15 is 0 Å². The lowest BCUT2D eigenvalue weighted by atomic mass is 10.1. The van der Waals surface area contributed by atoms with Crippen molar-refractivity contribution in [1.82, 2.24) is 4.90 Å². The van der Waals surface area contributed by atoms with Crippen LogP contribution in [0.25, 0.3) is 0 Å². The molecule has 0 spiro atoms. The Labute approximate surface area is 126 Å². The maximum Gasteiger partial charge on any atom is 0.323 e. The van der Waals surface area contributed by atoms with Crippen LogP contribution < -0.4 is 10.5 Å². The topological polar surface area (TPSA) is 110 Å². The van der Waals surface area contributed by atoms with Crippen LogP contribution in [0.1, 0.15) is 5.56 Å². The lowest BCUT2D eigenvalue weighted by Gasteiger charge is -2.19. The van der Waals surface area contributed by atoms with Gasteiger partial charge < -0.3 is 20.5 Å². The van der Waals surface area contributed by atoms with Gasteiger partial charge in [-0.15, -0.1) is 0 Å². The van der Waals surface area contributed by atoms with Crippen molar-refractivity contribution < 1.29 is 24.2 Å². The molecule has 114 valence electrons. The van der Waals surface area contributed by atoms with E-state index in [0.717, 1.165) is 4.90 Å². The lowest BCUT2D eigenvalue weighted by molar-refractivity contribution is -0.145. The smallest absolute Gasteiger partial charge is 0.323 e. The molecular weight excluding hydrogens is 300 g/mol. The second-order valence-corrected chi connectivity index (χ2v) is 4.68. The zero-order chi connectivity index (χ0) is 16.0. The van der Waals surface area contributed by atoms with Crippen LogP contribution in [-0.4, -0.2) is 48.0 Å². The first kappa shape index (κ1) is 16.8. The van der Waals surface area contributed by atoms with Gasteiger partial charge in [0.05, 0.1) is 20.1 Å². The van der Waals surface area contributed by atoms with E-state index in [9.17, 15) is 14.4 Å². The van der Waals surface area contributed by atoms with Crippen molar-refractivity contribution in [2.75, 3.05) is 20.2 Å². The maximum atomic E-state index is 12.1. The highest BCUT2D eigenvalue weighted by Gasteiger charge is 2.20. The Kier molecular flexibility index (Phi) is 5.98. The average molecular weight is 315 g/mol. The molecule has 0 radical (unpaired) electrons. The number of hydrogen-bond donors (Lipinski definition) is 2. The minimum absolute atomic E-state index is 0.149. The summed E-state index contributed by atoms with van der Waals surface area (Å²) in [5.74, 6) is -2.14. The van der Waals surface area contributed by atoms with Gasteiger partial charge in [-0.2, -0.15) is 0 Å². The summed E-state index contributed by atoms with van der Waals surface area (Å²) in [6, 6.07) is 4.74. The Balaban J connectivity index is 2.92. The Morgan fingerprint density at radius 2 is 2.00 bits per heavy atom. The number of amides is 2. The molecule has 1 rings (SSSR count). The number of halogens is 1. The normalized spacial score (nSPS) is 10.0. The third-order valence-corrected chi connectivity index (χ3v) is 2.84. The summed E-state index contributed by atoms with van der Waals surface area (Å²) in [6.07, 6.45) is -0.149. The number of methoxy groups -OCH3 is 1. The van der Waals surface area contributed by atoms with Gasteiger partial charge in [0.15, 0.2) is 0 Å². The minimum Gasteiger partial charge on any atom is -0.496 e. The predicted molar refractivity (Wildman–Crippen MR) is 75.1 cm³/mol. The lowest BCUT2D eigenvalue weighted by Crippen LogP contribution is -2.42. The van der Waals surface area contributed by atoms with Crippen LogP contribution in [0.3, 0.4) is 0 Å². The first-order valence-corrected chi connectivity index (χ1v) is 6.31. The Bertz CT molecular complexity index is 545. The number of rotatable bonds is 7.